The third-order valence-electron chi connectivity index (χ3n) is 4.33. The topological polar surface area (TPSA) is 80.9 Å². The van der Waals surface area contributed by atoms with Crippen LogP contribution < -0.4 is 0 Å². The van der Waals surface area contributed by atoms with Crippen LogP contribution in [0.5, 0.6) is 0 Å². The fourth-order valence-corrected chi connectivity index (χ4v) is 12.6. The van der Waals surface area contributed by atoms with Gasteiger partial charge in [0.2, 0.25) is 0 Å². The van der Waals surface area contributed by atoms with Gasteiger partial charge in [-0.2, -0.15) is 82.3 Å². The van der Waals surface area contributed by atoms with Crippen molar-refractivity contribution in [3.63, 3.8) is 0 Å². The average Bonchev–Trinajstić information content (AvgIpc) is 2.91. The Kier molecular flexibility index (Phi) is 32.3. The highest BCUT2D eigenvalue weighted by Crippen LogP contribution is 2.27. The van der Waals surface area contributed by atoms with Crippen molar-refractivity contribution in [1.29, 1.82) is 0 Å². The first-order valence-corrected chi connectivity index (χ1v) is 21.9. The molecule has 0 aliphatic rings. The number of thioether (sulfide) groups is 7. The van der Waals surface area contributed by atoms with Crippen LogP contribution in [0.15, 0.2) is 0 Å². The highest BCUT2D eigenvalue weighted by molar-refractivity contribution is 8.07. The number of aliphatic hydroxyl groups is 4. The summed E-state index contributed by atoms with van der Waals surface area (Å²) in [5.74, 6) is 11.7. The van der Waals surface area contributed by atoms with Crippen LogP contribution in [-0.2, 0) is 0 Å². The molecule has 0 aliphatic heterocycles. The molecular weight excluding hydrogens is 695 g/mol. The van der Waals surface area contributed by atoms with E-state index in [1.54, 1.807) is 47.0 Å². The van der Waals surface area contributed by atoms with E-state index in [0.717, 1.165) is 46.0 Å². The van der Waals surface area contributed by atoms with Gasteiger partial charge in [-0.15, -0.1) is 46.4 Å². The van der Waals surface area contributed by atoms with E-state index in [1.807, 2.05) is 35.3 Å². The summed E-state index contributed by atoms with van der Waals surface area (Å²) < 4.78 is 0. The highest BCUT2D eigenvalue weighted by atomic mass is 35.5. The zero-order chi connectivity index (χ0) is 27.7. The van der Waals surface area contributed by atoms with E-state index in [4.69, 9.17) is 46.4 Å². The van der Waals surface area contributed by atoms with Crippen LogP contribution >= 0.6 is 129 Å². The molecule has 0 spiro atoms. The Balaban J connectivity index is 4.59. The Bertz CT molecular complexity index is 458. The Labute approximate surface area is 274 Å². The lowest BCUT2D eigenvalue weighted by atomic mass is 10.5. The van der Waals surface area contributed by atoms with E-state index >= 15 is 0 Å². The second kappa shape index (κ2) is 29.5. The predicted molar refractivity (Wildman–Crippen MR) is 186 cm³/mol. The normalized spacial score (nSPS) is 16.9. The molecule has 0 rings (SSSR count). The molecule has 0 aromatic carbocycles. The second-order valence-electron chi connectivity index (χ2n) is 7.98. The lowest BCUT2D eigenvalue weighted by molar-refractivity contribution is 0.223. The zero-order valence-electron chi connectivity index (χ0n) is 20.9. The van der Waals surface area contributed by atoms with E-state index in [0.29, 0.717) is 33.5 Å². The van der Waals surface area contributed by atoms with Gasteiger partial charge in [-0.25, -0.2) is 0 Å². The molecule has 0 fully saturated rings. The molecule has 0 aromatic rings. The maximum atomic E-state index is 9.79. The molecule has 4 N–H and O–H groups in total. The number of aliphatic hydroxyl groups excluding tert-OH is 4. The Hall–Kier alpha value is 3.45. The predicted octanol–water partition coefficient (Wildman–Crippen LogP) is 5.25. The maximum absolute atomic E-state index is 9.79. The van der Waals surface area contributed by atoms with Crippen molar-refractivity contribution in [1.82, 2.24) is 0 Å². The highest BCUT2D eigenvalue weighted by Gasteiger charge is 2.16. The molecule has 15 heteroatoms. The van der Waals surface area contributed by atoms with Gasteiger partial charge in [0.15, 0.2) is 0 Å². The van der Waals surface area contributed by atoms with Crippen molar-refractivity contribution in [3.05, 3.63) is 0 Å². The number of alkyl halides is 4. The van der Waals surface area contributed by atoms with Gasteiger partial charge in [0.1, 0.15) is 0 Å². The molecule has 0 aliphatic carbocycles. The fraction of sp³-hybridized carbons (Fsp3) is 1.00. The summed E-state index contributed by atoms with van der Waals surface area (Å²) in [6, 6.07) is 0. The minimum atomic E-state index is -0.470. The smallest absolute Gasteiger partial charge is 0.0765 e. The van der Waals surface area contributed by atoms with Crippen molar-refractivity contribution < 1.29 is 20.4 Å². The van der Waals surface area contributed by atoms with Gasteiger partial charge in [0.05, 0.1) is 24.4 Å². The summed E-state index contributed by atoms with van der Waals surface area (Å²) in [6.07, 6.45) is -1.83. The Morgan fingerprint density at radius 2 is 0.649 bits per heavy atom. The first-order valence-electron chi connectivity index (χ1n) is 11.9. The Morgan fingerprint density at radius 3 is 0.946 bits per heavy atom. The quantitative estimate of drug-likeness (QED) is 0.0629. The van der Waals surface area contributed by atoms with Crippen LogP contribution in [-0.4, -0.2) is 148 Å². The first kappa shape index (κ1) is 40.5. The van der Waals surface area contributed by atoms with Gasteiger partial charge < -0.3 is 20.4 Å². The number of hydrogen-bond acceptors (Lipinski definition) is 11. The summed E-state index contributed by atoms with van der Waals surface area (Å²) in [5.41, 5.74) is 0. The van der Waals surface area contributed by atoms with E-state index < -0.39 is 24.4 Å². The van der Waals surface area contributed by atoms with Gasteiger partial charge in [-0.1, -0.05) is 0 Å². The van der Waals surface area contributed by atoms with E-state index in [2.05, 4.69) is 0 Å². The van der Waals surface area contributed by atoms with E-state index in [-0.39, 0.29) is 23.5 Å². The summed E-state index contributed by atoms with van der Waals surface area (Å²) in [5, 5.41) is 39.8. The van der Waals surface area contributed by atoms with Crippen LogP contribution in [0.25, 0.3) is 0 Å². The fourth-order valence-electron chi connectivity index (χ4n) is 2.45. The van der Waals surface area contributed by atoms with Gasteiger partial charge >= 0.3 is 0 Å². The number of rotatable bonds is 28. The average molecular weight is 737 g/mol. The van der Waals surface area contributed by atoms with Crippen LogP contribution in [0.3, 0.4) is 0 Å². The van der Waals surface area contributed by atoms with Gasteiger partial charge in [-0.05, 0) is 0 Å². The Morgan fingerprint density at radius 1 is 0.378 bits per heavy atom. The van der Waals surface area contributed by atoms with Crippen molar-refractivity contribution in [2.75, 3.05) is 92.6 Å². The van der Waals surface area contributed by atoms with Gasteiger partial charge in [-0.3, -0.25) is 0 Å². The third-order valence-corrected chi connectivity index (χ3v) is 15.6. The van der Waals surface area contributed by atoms with E-state index in [1.165, 1.54) is 0 Å². The maximum Gasteiger partial charge on any atom is 0.0765 e. The van der Waals surface area contributed by atoms with Crippen LogP contribution in [0.4, 0.5) is 0 Å². The molecule has 0 aromatic heterocycles. The molecule has 37 heavy (non-hydrogen) atoms. The second-order valence-corrected chi connectivity index (χ2v) is 17.6. The van der Waals surface area contributed by atoms with Gasteiger partial charge in [0, 0.05) is 103 Å². The molecule has 224 valence electrons. The molecular formula is C22H42Cl4O4S7. The number of halogens is 4. The van der Waals surface area contributed by atoms with Crippen LogP contribution in [0, 0.1) is 0 Å². The molecule has 0 saturated heterocycles. The molecule has 0 saturated carbocycles. The molecule has 4 nitrogen and oxygen atoms in total. The minimum Gasteiger partial charge on any atom is -0.391 e. The van der Waals surface area contributed by atoms with Gasteiger partial charge in [0.25, 0.3) is 0 Å². The zero-order valence-corrected chi connectivity index (χ0v) is 29.7. The SMILES string of the molecule is OC(CCl)CSCCSC(CSCC(O)CCl)CSCC(CSCC(O)CCl)SCCSCC(O)CCl. The van der Waals surface area contributed by atoms with Crippen molar-refractivity contribution in [2.45, 2.75) is 34.9 Å². The molecule has 0 bridgehead atoms. The molecule has 0 amide bonds. The van der Waals surface area contributed by atoms with Crippen LogP contribution in [0.1, 0.15) is 0 Å². The first-order chi connectivity index (χ1) is 17.9. The lowest BCUT2D eigenvalue weighted by Crippen LogP contribution is -2.19. The van der Waals surface area contributed by atoms with Crippen molar-refractivity contribution >= 4 is 129 Å². The number of hydrogen-bond donors (Lipinski definition) is 4. The summed E-state index contributed by atoms with van der Waals surface area (Å²) in [7, 11) is 0. The minimum absolute atomic E-state index is 0.261. The third kappa shape index (κ3) is 26.8. The molecule has 6 atom stereocenters. The summed E-state index contributed by atoms with van der Waals surface area (Å²) >= 11 is 35.7. The molecule has 0 heterocycles. The monoisotopic (exact) mass is 734 g/mol. The standard InChI is InChI=1S/C22H42Cl4O4S7/c23-5-17(27)9-31-1-3-36-21(13-33-11-19(29)7-25)15-35-16-22(14-34-12-20(30)8-26)37-4-2-32-10-18(28)6-24/h17-22,27-30H,1-16H2. The lowest BCUT2D eigenvalue weighted by Gasteiger charge is -2.20. The van der Waals surface area contributed by atoms with Crippen LogP contribution in [0.2, 0.25) is 0 Å². The molecule has 6 unspecified atom stereocenters. The molecule has 0 radical (unpaired) electrons. The largest absolute Gasteiger partial charge is 0.391 e. The van der Waals surface area contributed by atoms with Crippen molar-refractivity contribution in [3.8, 4) is 0 Å². The van der Waals surface area contributed by atoms with E-state index in [9.17, 15) is 20.4 Å². The van der Waals surface area contributed by atoms with Crippen molar-refractivity contribution in [2.24, 2.45) is 0 Å². The summed E-state index contributed by atoms with van der Waals surface area (Å²) in [6.45, 7) is 0. The summed E-state index contributed by atoms with van der Waals surface area (Å²) in [4.78, 5) is 0.